The van der Waals surface area contributed by atoms with E-state index in [1.54, 1.807) is 29.0 Å². The summed E-state index contributed by atoms with van der Waals surface area (Å²) in [5, 5.41) is 2.89. The van der Waals surface area contributed by atoms with Crippen LogP contribution in [0, 0.1) is 0 Å². The first-order valence-electron chi connectivity index (χ1n) is 10.1. The molecule has 2 aliphatic heterocycles. The Hall–Kier alpha value is -3.35. The van der Waals surface area contributed by atoms with Gasteiger partial charge >= 0.3 is 0 Å². The smallest absolute Gasteiger partial charge is 0.257 e. The van der Waals surface area contributed by atoms with Crippen molar-refractivity contribution in [3.8, 4) is 5.75 Å². The van der Waals surface area contributed by atoms with Crippen LogP contribution in [0.5, 0.6) is 5.75 Å². The van der Waals surface area contributed by atoms with Gasteiger partial charge in [-0.3, -0.25) is 19.3 Å². The molecule has 0 aliphatic carbocycles. The second-order valence-corrected chi connectivity index (χ2v) is 7.79. The van der Waals surface area contributed by atoms with Crippen LogP contribution < -0.4 is 15.0 Å². The van der Waals surface area contributed by atoms with Crippen molar-refractivity contribution in [2.45, 2.75) is 38.4 Å². The number of rotatable bonds is 6. The van der Waals surface area contributed by atoms with E-state index < -0.39 is 5.66 Å². The fourth-order valence-electron chi connectivity index (χ4n) is 4.29. The first kappa shape index (κ1) is 19.9. The Bertz CT molecular complexity index is 988. The molecule has 4 rings (SSSR count). The van der Waals surface area contributed by atoms with E-state index in [0.29, 0.717) is 30.6 Å². The quantitative estimate of drug-likeness (QED) is 0.799. The molecule has 1 unspecified atom stereocenters. The van der Waals surface area contributed by atoms with E-state index in [-0.39, 0.29) is 30.7 Å². The summed E-state index contributed by atoms with van der Waals surface area (Å²) >= 11 is 0. The van der Waals surface area contributed by atoms with Crippen molar-refractivity contribution in [2.75, 3.05) is 18.6 Å². The Kier molecular flexibility index (Phi) is 5.20. The number of fused-ring (bicyclic) bond motifs is 3. The highest BCUT2D eigenvalue weighted by Crippen LogP contribution is 2.43. The van der Waals surface area contributed by atoms with Gasteiger partial charge in [0.2, 0.25) is 11.8 Å². The van der Waals surface area contributed by atoms with Crippen LogP contribution in [0.15, 0.2) is 48.5 Å². The van der Waals surface area contributed by atoms with Gasteiger partial charge in [-0.2, -0.15) is 0 Å². The van der Waals surface area contributed by atoms with Crippen LogP contribution in [0.1, 0.15) is 42.1 Å². The fraction of sp³-hybridized carbons (Fsp3) is 0.348. The first-order chi connectivity index (χ1) is 14.4. The minimum atomic E-state index is -0.737. The molecule has 0 radical (unpaired) electrons. The molecule has 2 aliphatic rings. The lowest BCUT2D eigenvalue weighted by Crippen LogP contribution is -2.62. The van der Waals surface area contributed by atoms with Crippen molar-refractivity contribution in [3.05, 3.63) is 59.7 Å². The molecule has 30 heavy (non-hydrogen) atoms. The predicted molar refractivity (Wildman–Crippen MR) is 112 cm³/mol. The summed E-state index contributed by atoms with van der Waals surface area (Å²) in [6.07, 6.45) is 1.11. The van der Waals surface area contributed by atoms with Crippen LogP contribution in [0.4, 0.5) is 5.69 Å². The van der Waals surface area contributed by atoms with E-state index >= 15 is 0 Å². The lowest BCUT2D eigenvalue weighted by molar-refractivity contribution is -0.121. The van der Waals surface area contributed by atoms with Gasteiger partial charge < -0.3 is 15.0 Å². The molecule has 0 spiro atoms. The molecule has 3 amide bonds. The molecule has 2 aromatic carbocycles. The van der Waals surface area contributed by atoms with Crippen molar-refractivity contribution in [1.82, 2.24) is 10.2 Å². The number of amides is 3. The Labute approximate surface area is 175 Å². The maximum Gasteiger partial charge on any atom is 0.257 e. The van der Waals surface area contributed by atoms with Gasteiger partial charge in [0.05, 0.1) is 18.4 Å². The number of methoxy groups -OCH3 is 1. The molecule has 1 atom stereocenters. The van der Waals surface area contributed by atoms with Crippen molar-refractivity contribution in [2.24, 2.45) is 0 Å². The normalized spacial score (nSPS) is 20.1. The maximum atomic E-state index is 13.2. The number of benzene rings is 2. The second-order valence-electron chi connectivity index (χ2n) is 7.79. The lowest BCUT2D eigenvalue weighted by atomic mass is 9.98. The number of ether oxygens (including phenoxy) is 1. The molecule has 0 aromatic heterocycles. The van der Waals surface area contributed by atoms with Crippen molar-refractivity contribution in [1.29, 1.82) is 0 Å². The second kappa shape index (κ2) is 7.82. The third-order valence-corrected chi connectivity index (χ3v) is 5.96. The van der Waals surface area contributed by atoms with E-state index in [9.17, 15) is 14.4 Å². The average molecular weight is 407 g/mol. The Morgan fingerprint density at radius 3 is 2.60 bits per heavy atom. The van der Waals surface area contributed by atoms with Gasteiger partial charge in [0.15, 0.2) is 0 Å². The van der Waals surface area contributed by atoms with Crippen LogP contribution in [0.2, 0.25) is 0 Å². The number of carbonyl (C=O) groups excluding carboxylic acids is 3. The number of nitrogens with one attached hydrogen (secondary N) is 1. The van der Waals surface area contributed by atoms with E-state index in [2.05, 4.69) is 5.32 Å². The predicted octanol–water partition coefficient (Wildman–Crippen LogP) is 2.70. The third kappa shape index (κ3) is 3.40. The highest BCUT2D eigenvalue weighted by atomic mass is 16.5. The first-order valence-corrected chi connectivity index (χ1v) is 10.1. The van der Waals surface area contributed by atoms with Gasteiger partial charge in [-0.25, -0.2) is 0 Å². The monoisotopic (exact) mass is 407 g/mol. The van der Waals surface area contributed by atoms with Gasteiger partial charge in [-0.05, 0) is 43.2 Å². The minimum absolute atomic E-state index is 0.00593. The number of para-hydroxylation sites is 1. The largest absolute Gasteiger partial charge is 0.497 e. The Morgan fingerprint density at radius 2 is 1.87 bits per heavy atom. The molecule has 156 valence electrons. The van der Waals surface area contributed by atoms with Gasteiger partial charge in [0, 0.05) is 25.9 Å². The molecule has 0 bridgehead atoms. The van der Waals surface area contributed by atoms with Gasteiger partial charge in [-0.15, -0.1) is 0 Å². The zero-order valence-corrected chi connectivity index (χ0v) is 17.2. The summed E-state index contributed by atoms with van der Waals surface area (Å²) in [6, 6.07) is 14.7. The van der Waals surface area contributed by atoms with Gasteiger partial charge in [-0.1, -0.05) is 24.3 Å². The zero-order chi connectivity index (χ0) is 21.3. The van der Waals surface area contributed by atoms with Gasteiger partial charge in [0.25, 0.3) is 5.91 Å². The standard InChI is InChI=1S/C23H25N3O4/c1-23-13-11-21(28)26(23)19-6-4-3-5-18(19)22(29)25(23)14-12-20(27)24-15-16-7-9-17(30-2)10-8-16/h3-10H,11-15H2,1-2H3,(H,24,27). The fourth-order valence-corrected chi connectivity index (χ4v) is 4.29. The summed E-state index contributed by atoms with van der Waals surface area (Å²) in [6.45, 7) is 2.56. The summed E-state index contributed by atoms with van der Waals surface area (Å²) in [7, 11) is 1.61. The topological polar surface area (TPSA) is 79.0 Å². The van der Waals surface area contributed by atoms with E-state index in [1.807, 2.05) is 43.3 Å². The SMILES string of the molecule is COc1ccc(CNC(=O)CCN2C(=O)c3ccccc3N3C(=O)CCC23C)cc1. The number of anilines is 1. The Balaban J connectivity index is 1.44. The van der Waals surface area contributed by atoms with Crippen molar-refractivity contribution >= 4 is 23.4 Å². The molecular formula is C23H25N3O4. The summed E-state index contributed by atoms with van der Waals surface area (Å²) in [5.74, 6) is 0.489. The third-order valence-electron chi connectivity index (χ3n) is 5.96. The average Bonchev–Trinajstić information content (AvgIpc) is 3.07. The lowest BCUT2D eigenvalue weighted by Gasteiger charge is -2.48. The maximum absolute atomic E-state index is 13.2. The van der Waals surface area contributed by atoms with Gasteiger partial charge in [0.1, 0.15) is 11.4 Å². The van der Waals surface area contributed by atoms with E-state index in [4.69, 9.17) is 4.74 Å². The molecule has 0 saturated carbocycles. The molecule has 1 fully saturated rings. The summed E-state index contributed by atoms with van der Waals surface area (Å²) < 4.78 is 5.13. The number of nitrogens with zero attached hydrogens (tertiary/aromatic N) is 2. The molecule has 7 heteroatoms. The van der Waals surface area contributed by atoms with Crippen molar-refractivity contribution < 1.29 is 19.1 Å². The number of carbonyl (C=O) groups is 3. The minimum Gasteiger partial charge on any atom is -0.497 e. The van der Waals surface area contributed by atoms with Crippen molar-refractivity contribution in [3.63, 3.8) is 0 Å². The highest BCUT2D eigenvalue weighted by molar-refractivity contribution is 6.10. The molecule has 1 saturated heterocycles. The number of hydrogen-bond acceptors (Lipinski definition) is 4. The van der Waals surface area contributed by atoms with E-state index in [0.717, 1.165) is 11.3 Å². The highest BCUT2D eigenvalue weighted by Gasteiger charge is 2.52. The zero-order valence-electron chi connectivity index (χ0n) is 17.2. The van der Waals surface area contributed by atoms with Crippen LogP contribution in [-0.4, -0.2) is 41.9 Å². The summed E-state index contributed by atoms with van der Waals surface area (Å²) in [4.78, 5) is 41.6. The Morgan fingerprint density at radius 1 is 1.13 bits per heavy atom. The van der Waals surface area contributed by atoms with Crippen LogP contribution in [-0.2, 0) is 16.1 Å². The molecular weight excluding hydrogens is 382 g/mol. The van der Waals surface area contributed by atoms with Crippen LogP contribution in [0.3, 0.4) is 0 Å². The van der Waals surface area contributed by atoms with Crippen LogP contribution >= 0.6 is 0 Å². The molecule has 2 heterocycles. The molecule has 2 aromatic rings. The molecule has 7 nitrogen and oxygen atoms in total. The van der Waals surface area contributed by atoms with Crippen LogP contribution in [0.25, 0.3) is 0 Å². The molecule has 1 N–H and O–H groups in total. The number of hydrogen-bond donors (Lipinski definition) is 1. The van der Waals surface area contributed by atoms with E-state index in [1.165, 1.54) is 0 Å². The summed E-state index contributed by atoms with van der Waals surface area (Å²) in [5.41, 5.74) is 1.39.